The first kappa shape index (κ1) is 26.5. The van der Waals surface area contributed by atoms with Crippen LogP contribution in [0.4, 0.5) is 0 Å². The number of rotatable bonds is 11. The molecule has 33 heavy (non-hydrogen) atoms. The van der Waals surface area contributed by atoms with Crippen molar-refractivity contribution in [3.63, 3.8) is 0 Å². The molecule has 1 fully saturated rings. The lowest BCUT2D eigenvalue weighted by molar-refractivity contribution is 0.00465. The van der Waals surface area contributed by atoms with Crippen molar-refractivity contribution in [2.24, 2.45) is 5.92 Å². The van der Waals surface area contributed by atoms with Gasteiger partial charge in [0, 0.05) is 36.8 Å². The number of ether oxygens (including phenoxy) is 3. The summed E-state index contributed by atoms with van der Waals surface area (Å²) in [6.07, 6.45) is -0.519. The van der Waals surface area contributed by atoms with Crippen molar-refractivity contribution in [1.82, 2.24) is 4.90 Å². The number of halogens is 2. The van der Waals surface area contributed by atoms with Crippen LogP contribution in [0.15, 0.2) is 42.5 Å². The second kappa shape index (κ2) is 12.6. The molecule has 2 unspecified atom stereocenters. The highest BCUT2D eigenvalue weighted by Crippen LogP contribution is 2.35. The molecule has 5 nitrogen and oxygen atoms in total. The van der Waals surface area contributed by atoms with Gasteiger partial charge < -0.3 is 19.3 Å². The first-order valence-corrected chi connectivity index (χ1v) is 13.1. The number of aliphatic hydroxyl groups excluding tert-OH is 1. The molecule has 0 aliphatic carbocycles. The van der Waals surface area contributed by atoms with Gasteiger partial charge in [-0.2, -0.15) is 0 Å². The quantitative estimate of drug-likeness (QED) is 0.298. The number of β-amino-alcohol motifs (C(OH)–C–C–N with tert-alkyl or cyclic N) is 1. The first-order chi connectivity index (χ1) is 15.8. The smallest absolute Gasteiger partial charge is 0.132 e. The molecule has 2 aromatic rings. The van der Waals surface area contributed by atoms with Crippen LogP contribution >= 0.6 is 34.2 Å². The van der Waals surface area contributed by atoms with Crippen molar-refractivity contribution in [2.75, 3.05) is 51.9 Å². The van der Waals surface area contributed by atoms with Crippen molar-refractivity contribution < 1.29 is 19.3 Å². The molecule has 0 spiro atoms. The van der Waals surface area contributed by atoms with Crippen molar-refractivity contribution in [1.29, 1.82) is 0 Å². The molecular weight excluding hydrogens is 553 g/mol. The van der Waals surface area contributed by atoms with E-state index < -0.39 is 6.10 Å². The summed E-state index contributed by atoms with van der Waals surface area (Å²) < 4.78 is 18.2. The molecule has 7 heteroatoms. The zero-order valence-corrected chi connectivity index (χ0v) is 22.6. The number of hydrogen-bond acceptors (Lipinski definition) is 5. The van der Waals surface area contributed by atoms with Crippen LogP contribution in [0.2, 0.25) is 0 Å². The maximum Gasteiger partial charge on any atom is 0.132 e. The van der Waals surface area contributed by atoms with E-state index in [0.717, 1.165) is 41.4 Å². The highest BCUT2D eigenvalue weighted by Gasteiger charge is 2.24. The van der Waals surface area contributed by atoms with E-state index in [1.807, 2.05) is 18.2 Å². The van der Waals surface area contributed by atoms with Gasteiger partial charge in [0.15, 0.2) is 0 Å². The fourth-order valence-electron chi connectivity index (χ4n) is 3.74. The predicted molar refractivity (Wildman–Crippen MR) is 142 cm³/mol. The fraction of sp³-hybridized carbons (Fsp3) is 0.538. The Hall–Kier alpha value is -1.06. The van der Waals surface area contributed by atoms with Crippen molar-refractivity contribution in [2.45, 2.75) is 32.3 Å². The van der Waals surface area contributed by atoms with Gasteiger partial charge in [-0.3, -0.25) is 4.90 Å². The molecule has 3 rings (SSSR count). The standard InChI is InChI=1S/C26H35ClINO4/c1-19(15-27)17-33-25-9-6-21(14-24(25)28)26(2,3)20-4-7-23(8-5-20)32-18-22(30)16-29-10-12-31-13-11-29/h4-9,14,19,22,30H,10-13,15-18H2,1-3H3. The Balaban J connectivity index is 1.57. The summed E-state index contributed by atoms with van der Waals surface area (Å²) in [5, 5.41) is 10.3. The first-order valence-electron chi connectivity index (χ1n) is 11.5. The molecule has 1 heterocycles. The van der Waals surface area contributed by atoms with E-state index in [-0.39, 0.29) is 12.0 Å². The summed E-state index contributed by atoms with van der Waals surface area (Å²) >= 11 is 8.22. The molecule has 0 amide bonds. The van der Waals surface area contributed by atoms with Crippen molar-refractivity contribution in [3.05, 3.63) is 57.2 Å². The highest BCUT2D eigenvalue weighted by atomic mass is 127. The Labute approximate surface area is 216 Å². The maximum absolute atomic E-state index is 10.3. The molecule has 182 valence electrons. The lowest BCUT2D eigenvalue weighted by Crippen LogP contribution is -2.42. The van der Waals surface area contributed by atoms with Crippen LogP contribution in [0, 0.1) is 9.49 Å². The van der Waals surface area contributed by atoms with E-state index >= 15 is 0 Å². The molecule has 1 aliphatic rings. The van der Waals surface area contributed by atoms with Gasteiger partial charge in [-0.25, -0.2) is 0 Å². The molecule has 2 atom stereocenters. The SMILES string of the molecule is CC(CCl)COc1ccc(C(C)(C)c2ccc(OCC(O)CN3CCOCC3)cc2)cc1I. The number of alkyl halides is 1. The van der Waals surface area contributed by atoms with Crippen LogP contribution in [0.3, 0.4) is 0 Å². The normalized spacial score (nSPS) is 16.9. The molecule has 0 aromatic heterocycles. The minimum Gasteiger partial charge on any atom is -0.492 e. The van der Waals surface area contributed by atoms with Gasteiger partial charge >= 0.3 is 0 Å². The number of hydrogen-bond donors (Lipinski definition) is 1. The van der Waals surface area contributed by atoms with Crippen LogP contribution in [-0.4, -0.2) is 68.1 Å². The zero-order valence-electron chi connectivity index (χ0n) is 19.7. The van der Waals surface area contributed by atoms with Crippen LogP contribution in [0.5, 0.6) is 11.5 Å². The number of morpholine rings is 1. The topological polar surface area (TPSA) is 51.2 Å². The number of nitrogens with zero attached hydrogens (tertiary/aromatic N) is 1. The molecule has 1 saturated heterocycles. The summed E-state index contributed by atoms with van der Waals surface area (Å²) in [7, 11) is 0. The summed E-state index contributed by atoms with van der Waals surface area (Å²) in [6.45, 7) is 11.2. The molecule has 1 aliphatic heterocycles. The fourth-order valence-corrected chi connectivity index (χ4v) is 4.50. The molecule has 1 N–H and O–H groups in total. The van der Waals surface area contributed by atoms with E-state index in [9.17, 15) is 5.11 Å². The summed E-state index contributed by atoms with van der Waals surface area (Å²) in [5.74, 6) is 2.57. The second-order valence-electron chi connectivity index (χ2n) is 9.24. The van der Waals surface area contributed by atoms with Crippen molar-refractivity contribution in [3.8, 4) is 11.5 Å². The third-order valence-corrected chi connectivity index (χ3v) is 7.40. The minimum atomic E-state index is -0.519. The van der Waals surface area contributed by atoms with Gasteiger partial charge in [0.2, 0.25) is 0 Å². The monoisotopic (exact) mass is 587 g/mol. The lowest BCUT2D eigenvalue weighted by atomic mass is 9.78. The van der Waals surface area contributed by atoms with Crippen molar-refractivity contribution >= 4 is 34.2 Å². The Morgan fingerprint density at radius 1 is 1.06 bits per heavy atom. The van der Waals surface area contributed by atoms with Crippen LogP contribution in [0.1, 0.15) is 31.9 Å². The second-order valence-corrected chi connectivity index (χ2v) is 10.7. The van der Waals surface area contributed by atoms with E-state index in [4.69, 9.17) is 25.8 Å². The highest BCUT2D eigenvalue weighted by molar-refractivity contribution is 14.1. The number of benzene rings is 2. The largest absolute Gasteiger partial charge is 0.492 e. The number of aliphatic hydroxyl groups is 1. The lowest BCUT2D eigenvalue weighted by Gasteiger charge is -2.28. The van der Waals surface area contributed by atoms with E-state index in [1.165, 1.54) is 11.1 Å². The summed E-state index contributed by atoms with van der Waals surface area (Å²) in [4.78, 5) is 2.21. The average Bonchev–Trinajstić information content (AvgIpc) is 2.82. The van der Waals surface area contributed by atoms with Crippen LogP contribution < -0.4 is 9.47 Å². The third-order valence-electron chi connectivity index (χ3n) is 6.03. The van der Waals surface area contributed by atoms with Crippen LogP contribution in [0.25, 0.3) is 0 Å². The molecule has 0 radical (unpaired) electrons. The Bertz CT molecular complexity index is 871. The Kier molecular flexibility index (Phi) is 10.1. The van der Waals surface area contributed by atoms with Gasteiger partial charge in [-0.1, -0.05) is 39.0 Å². The molecular formula is C26H35ClINO4. The van der Waals surface area contributed by atoms with E-state index in [1.54, 1.807) is 0 Å². The van der Waals surface area contributed by atoms with E-state index in [2.05, 4.69) is 72.5 Å². The van der Waals surface area contributed by atoms with Gasteiger partial charge in [-0.15, -0.1) is 11.6 Å². The zero-order chi connectivity index (χ0) is 23.8. The summed E-state index contributed by atoms with van der Waals surface area (Å²) in [5.41, 5.74) is 2.25. The molecule has 2 aromatic carbocycles. The minimum absolute atomic E-state index is 0.170. The van der Waals surface area contributed by atoms with Gasteiger partial charge in [-0.05, 0) is 58.0 Å². The van der Waals surface area contributed by atoms with Gasteiger partial charge in [0.05, 0.1) is 23.4 Å². The third kappa shape index (κ3) is 7.72. The van der Waals surface area contributed by atoms with Gasteiger partial charge in [0.1, 0.15) is 24.2 Å². The average molecular weight is 588 g/mol. The van der Waals surface area contributed by atoms with E-state index in [0.29, 0.717) is 24.9 Å². The Morgan fingerprint density at radius 2 is 1.73 bits per heavy atom. The molecule has 0 saturated carbocycles. The predicted octanol–water partition coefficient (Wildman–Crippen LogP) is 4.94. The Morgan fingerprint density at radius 3 is 2.36 bits per heavy atom. The van der Waals surface area contributed by atoms with Gasteiger partial charge in [0.25, 0.3) is 0 Å². The maximum atomic E-state index is 10.3. The summed E-state index contributed by atoms with van der Waals surface area (Å²) in [6, 6.07) is 14.5. The van der Waals surface area contributed by atoms with Crippen LogP contribution in [-0.2, 0) is 10.2 Å². The molecule has 0 bridgehead atoms.